The van der Waals surface area contributed by atoms with Gasteiger partial charge in [-0.2, -0.15) is 13.2 Å². The van der Waals surface area contributed by atoms with Crippen LogP contribution in [0.2, 0.25) is 0 Å². The van der Waals surface area contributed by atoms with Gasteiger partial charge in [-0.3, -0.25) is 0 Å². The third kappa shape index (κ3) is 2.46. The van der Waals surface area contributed by atoms with E-state index < -0.39 is 23.2 Å². The maximum atomic E-state index is 13.1. The molecule has 3 rings (SSSR count). The summed E-state index contributed by atoms with van der Waals surface area (Å²) in [6.07, 6.45) is -0.441. The van der Waals surface area contributed by atoms with Crippen LogP contribution in [0, 0.1) is 0 Å². The smallest absolute Gasteiger partial charge is 0.421 e. The van der Waals surface area contributed by atoms with Crippen molar-refractivity contribution < 1.29 is 23.0 Å². The number of piperidine rings is 1. The summed E-state index contributed by atoms with van der Waals surface area (Å²) in [6, 6.07) is 1.40. The standard InChI is InChI=1S/C15H19F3N2O2/c1-20-10-3-4-11(20)7-14(21,6-10)9-5-12(15(16,17)18)13(22-2)19-8-9/h5,8,10-11,21H,3-4,6-7H2,1-2H3. The second-order valence-corrected chi connectivity index (χ2v) is 6.27. The van der Waals surface area contributed by atoms with E-state index in [0.717, 1.165) is 26.0 Å². The van der Waals surface area contributed by atoms with Crippen LogP contribution in [0.4, 0.5) is 13.2 Å². The SMILES string of the molecule is COc1ncc(C2(O)CC3CCC(C2)N3C)cc1C(F)(F)F. The van der Waals surface area contributed by atoms with Crippen LogP contribution < -0.4 is 4.74 Å². The number of aromatic nitrogens is 1. The molecule has 4 nitrogen and oxygen atoms in total. The Hall–Kier alpha value is -1.34. The molecule has 2 fully saturated rings. The molecule has 2 atom stereocenters. The fourth-order valence-electron chi connectivity index (χ4n) is 3.75. The Labute approximate surface area is 126 Å². The average molecular weight is 316 g/mol. The number of alkyl halides is 3. The van der Waals surface area contributed by atoms with Crippen molar-refractivity contribution in [3.63, 3.8) is 0 Å². The van der Waals surface area contributed by atoms with Gasteiger partial charge in [-0.05, 0) is 38.8 Å². The van der Waals surface area contributed by atoms with E-state index in [0.29, 0.717) is 12.8 Å². The van der Waals surface area contributed by atoms with Crippen molar-refractivity contribution in [2.75, 3.05) is 14.2 Å². The maximum Gasteiger partial charge on any atom is 0.421 e. The Morgan fingerprint density at radius 1 is 1.32 bits per heavy atom. The zero-order valence-corrected chi connectivity index (χ0v) is 12.5. The molecule has 2 aliphatic rings. The summed E-state index contributed by atoms with van der Waals surface area (Å²) in [7, 11) is 3.16. The summed E-state index contributed by atoms with van der Waals surface area (Å²) in [4.78, 5) is 5.98. The molecule has 2 aliphatic heterocycles. The van der Waals surface area contributed by atoms with Crippen molar-refractivity contribution in [2.24, 2.45) is 0 Å². The van der Waals surface area contributed by atoms with E-state index in [2.05, 4.69) is 9.88 Å². The van der Waals surface area contributed by atoms with E-state index in [1.54, 1.807) is 0 Å². The predicted molar refractivity (Wildman–Crippen MR) is 73.5 cm³/mol. The first kappa shape index (κ1) is 15.6. The lowest BCUT2D eigenvalue weighted by atomic mass is 9.81. The van der Waals surface area contributed by atoms with Crippen molar-refractivity contribution in [1.29, 1.82) is 0 Å². The van der Waals surface area contributed by atoms with Crippen LogP contribution >= 0.6 is 0 Å². The summed E-state index contributed by atoms with van der Waals surface area (Å²) in [5.74, 6) is -0.462. The summed E-state index contributed by atoms with van der Waals surface area (Å²) in [6.45, 7) is 0. The van der Waals surface area contributed by atoms with Crippen molar-refractivity contribution >= 4 is 0 Å². The van der Waals surface area contributed by atoms with Crippen LogP contribution in [0.15, 0.2) is 12.3 Å². The van der Waals surface area contributed by atoms with E-state index in [4.69, 9.17) is 4.74 Å². The van der Waals surface area contributed by atoms with Gasteiger partial charge in [0.1, 0.15) is 5.56 Å². The van der Waals surface area contributed by atoms with Crippen LogP contribution in [0.1, 0.15) is 36.8 Å². The first-order chi connectivity index (χ1) is 10.2. The Kier molecular flexibility index (Phi) is 3.60. The minimum atomic E-state index is -4.56. The second-order valence-electron chi connectivity index (χ2n) is 6.27. The molecule has 122 valence electrons. The van der Waals surface area contributed by atoms with Crippen molar-refractivity contribution in [2.45, 2.75) is 49.5 Å². The zero-order chi connectivity index (χ0) is 16.1. The number of pyridine rings is 1. The van der Waals surface area contributed by atoms with Gasteiger partial charge < -0.3 is 14.7 Å². The van der Waals surface area contributed by atoms with Crippen molar-refractivity contribution in [1.82, 2.24) is 9.88 Å². The quantitative estimate of drug-likeness (QED) is 0.911. The molecule has 0 aromatic carbocycles. The normalized spacial score (nSPS) is 32.3. The summed E-state index contributed by atoms with van der Waals surface area (Å²) in [5.41, 5.74) is -1.96. The van der Waals surface area contributed by atoms with E-state index in [-0.39, 0.29) is 17.6 Å². The number of nitrogens with zero attached hydrogens (tertiary/aromatic N) is 2. The highest BCUT2D eigenvalue weighted by atomic mass is 19.4. The third-order valence-electron chi connectivity index (χ3n) is 5.02. The predicted octanol–water partition coefficient (Wildman–Crippen LogP) is 2.55. The van der Waals surface area contributed by atoms with Gasteiger partial charge in [-0.25, -0.2) is 4.98 Å². The lowest BCUT2D eigenvalue weighted by molar-refractivity contribution is -0.139. The molecule has 0 radical (unpaired) electrons. The Morgan fingerprint density at radius 3 is 2.41 bits per heavy atom. The molecule has 0 spiro atoms. The molecular weight excluding hydrogens is 297 g/mol. The molecule has 1 N–H and O–H groups in total. The number of ether oxygens (including phenoxy) is 1. The van der Waals surface area contributed by atoms with Gasteiger partial charge >= 0.3 is 6.18 Å². The maximum absolute atomic E-state index is 13.1. The van der Waals surface area contributed by atoms with Crippen molar-refractivity contribution in [3.8, 4) is 5.88 Å². The summed E-state index contributed by atoms with van der Waals surface area (Å²) in [5, 5.41) is 10.9. The highest BCUT2D eigenvalue weighted by Gasteiger charge is 2.48. The molecule has 22 heavy (non-hydrogen) atoms. The average Bonchev–Trinajstić information content (AvgIpc) is 2.69. The van der Waals surface area contributed by atoms with Gasteiger partial charge in [0, 0.05) is 23.8 Å². The molecule has 7 heteroatoms. The van der Waals surface area contributed by atoms with Crippen molar-refractivity contribution in [3.05, 3.63) is 23.4 Å². The molecule has 1 aromatic heterocycles. The van der Waals surface area contributed by atoms with Gasteiger partial charge in [-0.1, -0.05) is 0 Å². The van der Waals surface area contributed by atoms with Gasteiger partial charge in [0.15, 0.2) is 0 Å². The monoisotopic (exact) mass is 316 g/mol. The first-order valence-corrected chi connectivity index (χ1v) is 7.30. The largest absolute Gasteiger partial charge is 0.481 e. The molecule has 0 amide bonds. The second kappa shape index (κ2) is 5.09. The number of aliphatic hydroxyl groups is 1. The lowest BCUT2D eigenvalue weighted by Gasteiger charge is -2.42. The minimum Gasteiger partial charge on any atom is -0.481 e. The molecule has 3 heterocycles. The molecule has 0 aliphatic carbocycles. The Balaban J connectivity index is 1.98. The van der Waals surface area contributed by atoms with E-state index in [1.165, 1.54) is 6.20 Å². The topological polar surface area (TPSA) is 45.6 Å². The number of rotatable bonds is 2. The molecular formula is C15H19F3N2O2. The van der Waals surface area contributed by atoms with E-state index in [9.17, 15) is 18.3 Å². The summed E-state index contributed by atoms with van der Waals surface area (Å²) >= 11 is 0. The van der Waals surface area contributed by atoms with Crippen LogP contribution in [0.3, 0.4) is 0 Å². The van der Waals surface area contributed by atoms with Gasteiger partial charge in [-0.15, -0.1) is 0 Å². The number of fused-ring (bicyclic) bond motifs is 2. The lowest BCUT2D eigenvalue weighted by Crippen LogP contribution is -2.47. The van der Waals surface area contributed by atoms with Crippen LogP contribution in [-0.2, 0) is 11.8 Å². The number of hydrogen-bond acceptors (Lipinski definition) is 4. The molecule has 2 unspecified atom stereocenters. The van der Waals surface area contributed by atoms with Gasteiger partial charge in [0.05, 0.1) is 12.7 Å². The number of hydrogen-bond donors (Lipinski definition) is 1. The Morgan fingerprint density at radius 2 is 1.91 bits per heavy atom. The molecule has 1 aromatic rings. The molecule has 2 saturated heterocycles. The van der Waals surface area contributed by atoms with E-state index in [1.807, 2.05) is 7.05 Å². The van der Waals surface area contributed by atoms with Crippen LogP contribution in [-0.4, -0.2) is 41.2 Å². The molecule has 2 bridgehead atoms. The first-order valence-electron chi connectivity index (χ1n) is 7.30. The fourth-order valence-corrected chi connectivity index (χ4v) is 3.75. The Bertz CT molecular complexity index is 562. The highest BCUT2D eigenvalue weighted by Crippen LogP contribution is 2.46. The number of halogens is 3. The van der Waals surface area contributed by atoms with Crippen LogP contribution in [0.5, 0.6) is 5.88 Å². The highest BCUT2D eigenvalue weighted by molar-refractivity contribution is 5.35. The minimum absolute atomic E-state index is 0.209. The zero-order valence-electron chi connectivity index (χ0n) is 12.5. The fraction of sp³-hybridized carbons (Fsp3) is 0.667. The number of methoxy groups -OCH3 is 1. The summed E-state index contributed by atoms with van der Waals surface area (Å²) < 4.78 is 44.1. The van der Waals surface area contributed by atoms with Crippen LogP contribution in [0.25, 0.3) is 0 Å². The van der Waals surface area contributed by atoms with Gasteiger partial charge in [0.25, 0.3) is 0 Å². The third-order valence-corrected chi connectivity index (χ3v) is 5.02. The van der Waals surface area contributed by atoms with E-state index >= 15 is 0 Å². The van der Waals surface area contributed by atoms with Gasteiger partial charge in [0.2, 0.25) is 5.88 Å². The molecule has 0 saturated carbocycles.